The molecule has 0 bridgehead atoms. The molecule has 2 atom stereocenters. The van der Waals surface area contributed by atoms with E-state index in [1.54, 1.807) is 31.7 Å². The van der Waals surface area contributed by atoms with E-state index in [9.17, 15) is 19.7 Å². The Hall–Kier alpha value is -3.50. The van der Waals surface area contributed by atoms with Crippen LogP contribution < -0.4 is 5.32 Å². The number of likely N-dealkylation sites (tertiary alicyclic amines) is 1. The van der Waals surface area contributed by atoms with Gasteiger partial charge < -0.3 is 15.0 Å². The van der Waals surface area contributed by atoms with Crippen LogP contribution >= 0.6 is 0 Å². The highest BCUT2D eigenvalue weighted by Crippen LogP contribution is 2.28. The maximum atomic E-state index is 13.1. The standard InChI is InChI=1S/C20H26N6O5/c1-13-7-14(9-22-19(28)31-20(2,3)4)10-24(13)18(27)15-5-6-16(17(8-15)26(29)30)25-12-21-11-23-25/h5-6,8,11-14H,7,9-10H2,1-4H3,(H,22,28)/t13-,14+/m0/s1. The molecule has 11 heteroatoms. The molecule has 2 aromatic rings. The van der Waals surface area contributed by atoms with Gasteiger partial charge in [-0.3, -0.25) is 14.9 Å². The molecular weight excluding hydrogens is 404 g/mol. The molecule has 1 aromatic carbocycles. The predicted molar refractivity (Wildman–Crippen MR) is 111 cm³/mol. The van der Waals surface area contributed by atoms with Gasteiger partial charge in [0.25, 0.3) is 11.6 Å². The van der Waals surface area contributed by atoms with Crippen molar-refractivity contribution in [2.45, 2.75) is 45.8 Å². The number of carbonyl (C=O) groups is 2. The number of ether oxygens (including phenoxy) is 1. The van der Waals surface area contributed by atoms with Crippen molar-refractivity contribution in [1.29, 1.82) is 0 Å². The number of carbonyl (C=O) groups excluding carboxylic acids is 2. The number of benzene rings is 1. The Kier molecular flexibility index (Phi) is 6.23. The lowest BCUT2D eigenvalue weighted by molar-refractivity contribution is -0.384. The molecule has 1 aliphatic rings. The molecule has 1 N–H and O–H groups in total. The van der Waals surface area contributed by atoms with Crippen molar-refractivity contribution in [3.8, 4) is 5.69 Å². The zero-order valence-corrected chi connectivity index (χ0v) is 17.9. The Balaban J connectivity index is 1.69. The van der Waals surface area contributed by atoms with Crippen LogP contribution in [0.2, 0.25) is 0 Å². The quantitative estimate of drug-likeness (QED) is 0.569. The Morgan fingerprint density at radius 1 is 1.35 bits per heavy atom. The van der Waals surface area contributed by atoms with Gasteiger partial charge in [-0.2, -0.15) is 5.10 Å². The smallest absolute Gasteiger partial charge is 0.407 e. The number of hydrogen-bond donors (Lipinski definition) is 1. The van der Waals surface area contributed by atoms with Gasteiger partial charge in [0.2, 0.25) is 0 Å². The van der Waals surface area contributed by atoms with Crippen molar-refractivity contribution in [2.75, 3.05) is 13.1 Å². The molecule has 1 saturated heterocycles. The molecule has 1 fully saturated rings. The lowest BCUT2D eigenvalue weighted by Gasteiger charge is -2.22. The van der Waals surface area contributed by atoms with E-state index in [4.69, 9.17) is 4.74 Å². The average molecular weight is 430 g/mol. The van der Waals surface area contributed by atoms with Crippen LogP contribution in [-0.2, 0) is 4.74 Å². The number of alkyl carbamates (subject to hydrolysis) is 1. The van der Waals surface area contributed by atoms with Crippen LogP contribution in [0.1, 0.15) is 44.5 Å². The number of nitrogens with zero attached hydrogens (tertiary/aromatic N) is 5. The van der Waals surface area contributed by atoms with E-state index < -0.39 is 16.6 Å². The van der Waals surface area contributed by atoms with Crippen molar-refractivity contribution in [3.63, 3.8) is 0 Å². The van der Waals surface area contributed by atoms with E-state index >= 15 is 0 Å². The average Bonchev–Trinajstić information content (AvgIpc) is 3.34. The number of nitrogens with one attached hydrogen (secondary N) is 1. The molecule has 31 heavy (non-hydrogen) atoms. The summed E-state index contributed by atoms with van der Waals surface area (Å²) in [5.74, 6) is -0.226. The van der Waals surface area contributed by atoms with Gasteiger partial charge in [0.05, 0.1) is 4.92 Å². The lowest BCUT2D eigenvalue weighted by atomic mass is 10.1. The van der Waals surface area contributed by atoms with Gasteiger partial charge in [-0.05, 0) is 52.2 Å². The number of hydrogen-bond acceptors (Lipinski definition) is 7. The van der Waals surface area contributed by atoms with Gasteiger partial charge in [-0.1, -0.05) is 0 Å². The second kappa shape index (κ2) is 8.70. The summed E-state index contributed by atoms with van der Waals surface area (Å²) in [6, 6.07) is 4.23. The van der Waals surface area contributed by atoms with E-state index in [2.05, 4.69) is 15.4 Å². The Bertz CT molecular complexity index is 969. The molecular formula is C20H26N6O5. The van der Waals surface area contributed by atoms with E-state index in [0.29, 0.717) is 19.5 Å². The van der Waals surface area contributed by atoms with Crippen molar-refractivity contribution in [3.05, 3.63) is 46.5 Å². The SMILES string of the molecule is C[C@H]1C[C@H](CNC(=O)OC(C)(C)C)CN1C(=O)c1ccc(-n2cncn2)c([N+](=O)[O-])c1. The molecule has 0 unspecified atom stereocenters. The first kappa shape index (κ1) is 22.2. The predicted octanol–water partition coefficient (Wildman–Crippen LogP) is 2.55. The summed E-state index contributed by atoms with van der Waals surface area (Å²) >= 11 is 0. The molecule has 11 nitrogen and oxygen atoms in total. The van der Waals surface area contributed by atoms with Crippen LogP contribution in [0.15, 0.2) is 30.9 Å². The van der Waals surface area contributed by atoms with Gasteiger partial charge in [-0.15, -0.1) is 0 Å². The fourth-order valence-corrected chi connectivity index (χ4v) is 3.61. The second-order valence-electron chi connectivity index (χ2n) is 8.59. The number of nitro benzene ring substituents is 1. The first-order valence-electron chi connectivity index (χ1n) is 9.96. The largest absolute Gasteiger partial charge is 0.444 e. The molecule has 2 amide bonds. The van der Waals surface area contributed by atoms with E-state index in [1.807, 2.05) is 6.92 Å². The summed E-state index contributed by atoms with van der Waals surface area (Å²) in [4.78, 5) is 41.4. The number of amides is 2. The van der Waals surface area contributed by atoms with Gasteiger partial charge in [-0.25, -0.2) is 14.5 Å². The molecule has 3 rings (SSSR count). The minimum absolute atomic E-state index is 0.0630. The summed E-state index contributed by atoms with van der Waals surface area (Å²) in [7, 11) is 0. The summed E-state index contributed by atoms with van der Waals surface area (Å²) in [6.45, 7) is 8.11. The van der Waals surface area contributed by atoms with Gasteiger partial charge >= 0.3 is 6.09 Å². The molecule has 2 heterocycles. The van der Waals surface area contributed by atoms with Crippen LogP contribution in [0.5, 0.6) is 0 Å². The lowest BCUT2D eigenvalue weighted by Crippen LogP contribution is -2.37. The van der Waals surface area contributed by atoms with Crippen LogP contribution in [0.4, 0.5) is 10.5 Å². The van der Waals surface area contributed by atoms with Crippen LogP contribution in [0.25, 0.3) is 5.69 Å². The van der Waals surface area contributed by atoms with Crippen molar-refractivity contribution < 1.29 is 19.2 Å². The van der Waals surface area contributed by atoms with Crippen molar-refractivity contribution >= 4 is 17.7 Å². The third kappa shape index (κ3) is 5.36. The molecule has 1 aliphatic heterocycles. The minimum Gasteiger partial charge on any atom is -0.444 e. The second-order valence-corrected chi connectivity index (χ2v) is 8.59. The van der Waals surface area contributed by atoms with Gasteiger partial charge in [0, 0.05) is 30.8 Å². The third-order valence-electron chi connectivity index (χ3n) is 4.94. The fraction of sp³-hybridized carbons (Fsp3) is 0.500. The molecule has 0 radical (unpaired) electrons. The normalized spacial score (nSPS) is 18.6. The number of nitro groups is 1. The van der Waals surface area contributed by atoms with Crippen LogP contribution in [-0.4, -0.2) is 61.3 Å². The van der Waals surface area contributed by atoms with E-state index in [-0.39, 0.29) is 34.8 Å². The van der Waals surface area contributed by atoms with Crippen LogP contribution in [0.3, 0.4) is 0 Å². The summed E-state index contributed by atoms with van der Waals surface area (Å²) in [5.41, 5.74) is -0.357. The zero-order chi connectivity index (χ0) is 22.8. The Labute approximate surface area is 179 Å². The monoisotopic (exact) mass is 430 g/mol. The number of rotatable bonds is 5. The first-order valence-corrected chi connectivity index (χ1v) is 9.96. The van der Waals surface area contributed by atoms with Crippen molar-refractivity contribution in [2.24, 2.45) is 5.92 Å². The summed E-state index contributed by atoms with van der Waals surface area (Å²) in [5, 5.41) is 18.2. The minimum atomic E-state index is -0.581. The highest BCUT2D eigenvalue weighted by atomic mass is 16.6. The summed E-state index contributed by atoms with van der Waals surface area (Å²) in [6.07, 6.45) is 2.85. The van der Waals surface area contributed by atoms with Crippen LogP contribution in [0, 0.1) is 16.0 Å². The zero-order valence-electron chi connectivity index (χ0n) is 17.9. The van der Waals surface area contributed by atoms with E-state index in [1.165, 1.54) is 29.5 Å². The number of aromatic nitrogens is 3. The van der Waals surface area contributed by atoms with Gasteiger partial charge in [0.1, 0.15) is 23.9 Å². The highest BCUT2D eigenvalue weighted by Gasteiger charge is 2.34. The topological polar surface area (TPSA) is 132 Å². The molecule has 1 aromatic heterocycles. The maximum absolute atomic E-state index is 13.1. The van der Waals surface area contributed by atoms with Crippen molar-refractivity contribution in [1.82, 2.24) is 25.0 Å². The first-order chi connectivity index (χ1) is 14.5. The molecule has 166 valence electrons. The molecule has 0 saturated carbocycles. The Morgan fingerprint density at radius 3 is 2.71 bits per heavy atom. The highest BCUT2D eigenvalue weighted by molar-refractivity contribution is 5.95. The van der Waals surface area contributed by atoms with Gasteiger partial charge in [0.15, 0.2) is 0 Å². The van der Waals surface area contributed by atoms with E-state index in [0.717, 1.165) is 0 Å². The molecule has 0 aliphatic carbocycles. The summed E-state index contributed by atoms with van der Waals surface area (Å²) < 4.78 is 6.52. The Morgan fingerprint density at radius 2 is 2.10 bits per heavy atom. The fourth-order valence-electron chi connectivity index (χ4n) is 3.61. The third-order valence-corrected chi connectivity index (χ3v) is 4.94. The maximum Gasteiger partial charge on any atom is 0.407 e. The molecule has 0 spiro atoms.